The zero-order valence-electron chi connectivity index (χ0n) is 9.03. The lowest BCUT2D eigenvalue weighted by molar-refractivity contribution is -0.121. The smallest absolute Gasteiger partial charge is 0.254 e. The first-order chi connectivity index (χ1) is 7.54. The summed E-state index contributed by atoms with van der Waals surface area (Å²) in [6.07, 6.45) is 1.53. The second kappa shape index (κ2) is 5.60. The van der Waals surface area contributed by atoms with E-state index < -0.39 is 0 Å². The highest BCUT2D eigenvalue weighted by atomic mass is 79.9. The Kier molecular flexibility index (Phi) is 4.42. The largest absolute Gasteiger partial charge is 0.358 e. The molecule has 0 aromatic carbocycles. The number of aromatic nitrogens is 1. The number of pyridine rings is 1. The summed E-state index contributed by atoms with van der Waals surface area (Å²) < 4.78 is 0.590. The molecule has 0 atom stereocenters. The van der Waals surface area contributed by atoms with Crippen LogP contribution in [-0.2, 0) is 4.79 Å². The van der Waals surface area contributed by atoms with Crippen LogP contribution >= 0.6 is 15.9 Å². The number of amides is 2. The van der Waals surface area contributed by atoms with Gasteiger partial charge in [0.05, 0.1) is 6.54 Å². The Hall–Kier alpha value is -1.43. The van der Waals surface area contributed by atoms with Crippen molar-refractivity contribution in [3.63, 3.8) is 0 Å². The van der Waals surface area contributed by atoms with Gasteiger partial charge in [-0.3, -0.25) is 9.59 Å². The van der Waals surface area contributed by atoms with E-state index in [1.54, 1.807) is 19.2 Å². The molecule has 1 rings (SSSR count). The maximum Gasteiger partial charge on any atom is 0.254 e. The Morgan fingerprint density at radius 1 is 1.56 bits per heavy atom. The Balaban J connectivity index is 2.74. The van der Waals surface area contributed by atoms with Gasteiger partial charge in [-0.1, -0.05) is 0 Å². The first-order valence-corrected chi connectivity index (χ1v) is 5.41. The molecular weight excluding hydrogens is 274 g/mol. The Labute approximate surface area is 102 Å². The molecule has 0 unspecified atom stereocenters. The molecule has 1 aromatic rings. The summed E-state index contributed by atoms with van der Waals surface area (Å²) >= 11 is 3.18. The summed E-state index contributed by atoms with van der Waals surface area (Å²) in [5, 5.41) is 2.46. The molecule has 0 bridgehead atoms. The minimum atomic E-state index is -0.216. The van der Waals surface area contributed by atoms with Crippen LogP contribution in [0.5, 0.6) is 0 Å². The molecule has 86 valence electrons. The predicted molar refractivity (Wildman–Crippen MR) is 63.0 cm³/mol. The minimum Gasteiger partial charge on any atom is -0.358 e. The number of hydrogen-bond donors (Lipinski definition) is 1. The van der Waals surface area contributed by atoms with Gasteiger partial charge in [-0.2, -0.15) is 0 Å². The lowest BCUT2D eigenvalue weighted by Crippen LogP contribution is -2.36. The molecular formula is C10H12BrN3O2. The third kappa shape index (κ3) is 3.30. The van der Waals surface area contributed by atoms with E-state index in [4.69, 9.17) is 0 Å². The van der Waals surface area contributed by atoms with Gasteiger partial charge in [0.25, 0.3) is 5.91 Å². The molecule has 16 heavy (non-hydrogen) atoms. The highest BCUT2D eigenvalue weighted by molar-refractivity contribution is 9.10. The van der Waals surface area contributed by atoms with Crippen LogP contribution in [0.3, 0.4) is 0 Å². The first-order valence-electron chi connectivity index (χ1n) is 4.62. The van der Waals surface area contributed by atoms with E-state index in [9.17, 15) is 9.59 Å². The van der Waals surface area contributed by atoms with E-state index in [1.165, 1.54) is 18.1 Å². The lowest BCUT2D eigenvalue weighted by atomic mass is 10.2. The molecule has 0 radical (unpaired) electrons. The number of hydrogen-bond acceptors (Lipinski definition) is 3. The molecule has 0 aliphatic carbocycles. The molecule has 2 amide bonds. The molecule has 0 saturated carbocycles. The Bertz CT molecular complexity index is 409. The van der Waals surface area contributed by atoms with E-state index in [0.29, 0.717) is 10.2 Å². The van der Waals surface area contributed by atoms with Gasteiger partial charge in [0, 0.05) is 25.9 Å². The van der Waals surface area contributed by atoms with Crippen molar-refractivity contribution in [3.05, 3.63) is 28.5 Å². The van der Waals surface area contributed by atoms with Crippen LogP contribution < -0.4 is 5.32 Å². The van der Waals surface area contributed by atoms with E-state index in [1.807, 2.05) is 0 Å². The zero-order chi connectivity index (χ0) is 12.1. The number of halogens is 1. The molecule has 0 aliphatic heterocycles. The van der Waals surface area contributed by atoms with Crippen LogP contribution in [0.2, 0.25) is 0 Å². The van der Waals surface area contributed by atoms with Crippen molar-refractivity contribution in [2.24, 2.45) is 0 Å². The van der Waals surface area contributed by atoms with Gasteiger partial charge in [0.1, 0.15) is 4.60 Å². The van der Waals surface area contributed by atoms with Gasteiger partial charge >= 0.3 is 0 Å². The maximum absolute atomic E-state index is 11.8. The van der Waals surface area contributed by atoms with Crippen molar-refractivity contribution < 1.29 is 9.59 Å². The molecule has 1 N–H and O–H groups in total. The summed E-state index contributed by atoms with van der Waals surface area (Å²) in [7, 11) is 3.11. The first kappa shape index (κ1) is 12.6. The minimum absolute atomic E-state index is 0.0370. The highest BCUT2D eigenvalue weighted by Crippen LogP contribution is 2.09. The predicted octanol–water partition coefficient (Wildman–Crippen LogP) is 0.662. The summed E-state index contributed by atoms with van der Waals surface area (Å²) in [6.45, 7) is 0.0370. The molecule has 5 nitrogen and oxygen atoms in total. The second-order valence-corrected chi connectivity index (χ2v) is 4.01. The standard InChI is InChI=1S/C10H12BrN3O2/c1-12-9(15)6-14(2)10(16)7-3-4-13-8(11)5-7/h3-5H,6H2,1-2H3,(H,12,15). The van der Waals surface area contributed by atoms with Crippen LogP contribution in [0.1, 0.15) is 10.4 Å². The summed E-state index contributed by atoms with van der Waals surface area (Å²) in [4.78, 5) is 28.2. The average Bonchev–Trinajstić information content (AvgIpc) is 2.27. The van der Waals surface area contributed by atoms with Crippen molar-refractivity contribution in [3.8, 4) is 0 Å². The van der Waals surface area contributed by atoms with Crippen molar-refractivity contribution >= 4 is 27.7 Å². The normalized spacial score (nSPS) is 9.69. The third-order valence-electron chi connectivity index (χ3n) is 1.98. The van der Waals surface area contributed by atoms with Crippen molar-refractivity contribution in [2.45, 2.75) is 0 Å². The van der Waals surface area contributed by atoms with E-state index >= 15 is 0 Å². The highest BCUT2D eigenvalue weighted by Gasteiger charge is 2.14. The van der Waals surface area contributed by atoms with Gasteiger partial charge in [-0.25, -0.2) is 4.98 Å². The van der Waals surface area contributed by atoms with E-state index in [-0.39, 0.29) is 18.4 Å². The van der Waals surface area contributed by atoms with Crippen LogP contribution in [0.4, 0.5) is 0 Å². The Morgan fingerprint density at radius 3 is 2.81 bits per heavy atom. The maximum atomic E-state index is 11.8. The third-order valence-corrected chi connectivity index (χ3v) is 2.41. The molecule has 0 spiro atoms. The monoisotopic (exact) mass is 285 g/mol. The number of nitrogens with zero attached hydrogens (tertiary/aromatic N) is 2. The Morgan fingerprint density at radius 2 is 2.25 bits per heavy atom. The molecule has 1 heterocycles. The molecule has 1 aromatic heterocycles. The van der Waals surface area contributed by atoms with Crippen LogP contribution in [0.25, 0.3) is 0 Å². The van der Waals surface area contributed by atoms with Gasteiger partial charge in [-0.15, -0.1) is 0 Å². The number of rotatable bonds is 3. The van der Waals surface area contributed by atoms with Crippen molar-refractivity contribution in [2.75, 3.05) is 20.6 Å². The fourth-order valence-electron chi connectivity index (χ4n) is 1.12. The van der Waals surface area contributed by atoms with Crippen LogP contribution in [0.15, 0.2) is 22.9 Å². The van der Waals surface area contributed by atoms with Gasteiger partial charge in [0.2, 0.25) is 5.91 Å². The molecule has 0 saturated heterocycles. The van der Waals surface area contributed by atoms with Crippen LogP contribution in [0, 0.1) is 0 Å². The molecule has 0 aliphatic rings. The second-order valence-electron chi connectivity index (χ2n) is 3.20. The van der Waals surface area contributed by atoms with E-state index in [2.05, 4.69) is 26.2 Å². The quantitative estimate of drug-likeness (QED) is 0.830. The number of carbonyl (C=O) groups excluding carboxylic acids is 2. The SMILES string of the molecule is CNC(=O)CN(C)C(=O)c1ccnc(Br)c1. The van der Waals surface area contributed by atoms with Gasteiger partial charge < -0.3 is 10.2 Å². The van der Waals surface area contributed by atoms with Gasteiger partial charge in [-0.05, 0) is 28.1 Å². The molecule has 0 fully saturated rings. The van der Waals surface area contributed by atoms with Crippen molar-refractivity contribution in [1.29, 1.82) is 0 Å². The molecule has 6 heteroatoms. The fourth-order valence-corrected chi connectivity index (χ4v) is 1.49. The summed E-state index contributed by atoms with van der Waals surface area (Å²) in [6, 6.07) is 3.22. The lowest BCUT2D eigenvalue weighted by Gasteiger charge is -2.15. The van der Waals surface area contributed by atoms with Crippen LogP contribution in [-0.4, -0.2) is 42.3 Å². The zero-order valence-corrected chi connectivity index (χ0v) is 10.6. The van der Waals surface area contributed by atoms with Gasteiger partial charge in [0.15, 0.2) is 0 Å². The number of nitrogens with one attached hydrogen (secondary N) is 1. The topological polar surface area (TPSA) is 62.3 Å². The summed E-state index contributed by atoms with van der Waals surface area (Å²) in [5.41, 5.74) is 0.494. The summed E-state index contributed by atoms with van der Waals surface area (Å²) in [5.74, 6) is -0.421. The van der Waals surface area contributed by atoms with E-state index in [0.717, 1.165) is 0 Å². The number of likely N-dealkylation sites (N-methyl/N-ethyl adjacent to an activating group) is 2. The number of carbonyl (C=O) groups is 2. The average molecular weight is 286 g/mol. The fraction of sp³-hybridized carbons (Fsp3) is 0.300. The van der Waals surface area contributed by atoms with Crippen molar-refractivity contribution in [1.82, 2.24) is 15.2 Å².